The van der Waals surface area contributed by atoms with Crippen LogP contribution in [0.4, 0.5) is 0 Å². The molecule has 2 aromatic rings. The van der Waals surface area contributed by atoms with E-state index in [0.717, 1.165) is 18.8 Å². The topological polar surface area (TPSA) is 12.0 Å². The van der Waals surface area contributed by atoms with Crippen molar-refractivity contribution in [2.75, 3.05) is 6.54 Å². The molecule has 20 heavy (non-hydrogen) atoms. The molecule has 0 aromatic heterocycles. The predicted octanol–water partition coefficient (Wildman–Crippen LogP) is 5.24. The van der Waals surface area contributed by atoms with E-state index in [1.54, 1.807) is 0 Å². The minimum Gasteiger partial charge on any atom is -0.313 e. The molecule has 0 aliphatic heterocycles. The molecule has 2 aromatic carbocycles. The van der Waals surface area contributed by atoms with Gasteiger partial charge in [-0.25, -0.2) is 0 Å². The molecule has 1 N–H and O–H groups in total. The standard InChI is InChI=1S/C17H20BrNS/c1-2-10-19-12-15-8-9-17(16(18)11-15)20-13-14-6-4-3-5-7-14/h3-9,11,19H,2,10,12-13H2,1H3. The van der Waals surface area contributed by atoms with Crippen LogP contribution in [-0.2, 0) is 12.3 Å². The van der Waals surface area contributed by atoms with Gasteiger partial charge >= 0.3 is 0 Å². The van der Waals surface area contributed by atoms with Crippen molar-refractivity contribution in [2.45, 2.75) is 30.5 Å². The van der Waals surface area contributed by atoms with Crippen LogP contribution >= 0.6 is 27.7 Å². The molecule has 0 spiro atoms. The summed E-state index contributed by atoms with van der Waals surface area (Å²) in [7, 11) is 0. The summed E-state index contributed by atoms with van der Waals surface area (Å²) in [6.45, 7) is 4.20. The van der Waals surface area contributed by atoms with Crippen LogP contribution in [0.15, 0.2) is 57.9 Å². The van der Waals surface area contributed by atoms with Gasteiger partial charge in [0.1, 0.15) is 0 Å². The van der Waals surface area contributed by atoms with Crippen LogP contribution in [0.25, 0.3) is 0 Å². The van der Waals surface area contributed by atoms with Gasteiger partial charge in [-0.1, -0.05) is 43.3 Å². The summed E-state index contributed by atoms with van der Waals surface area (Å²) in [5, 5.41) is 3.43. The molecule has 0 saturated heterocycles. The first-order valence-electron chi connectivity index (χ1n) is 6.95. The Labute approximate surface area is 134 Å². The van der Waals surface area contributed by atoms with Crippen LogP contribution in [0.1, 0.15) is 24.5 Å². The number of nitrogens with one attached hydrogen (secondary N) is 1. The SMILES string of the molecule is CCCNCc1ccc(SCc2ccccc2)c(Br)c1. The third-order valence-corrected chi connectivity index (χ3v) is 5.05. The molecule has 0 amide bonds. The van der Waals surface area contributed by atoms with E-state index in [1.807, 2.05) is 11.8 Å². The van der Waals surface area contributed by atoms with Crippen LogP contribution in [0, 0.1) is 0 Å². The Morgan fingerprint density at radius 3 is 2.55 bits per heavy atom. The molecule has 0 saturated carbocycles. The van der Waals surface area contributed by atoms with E-state index in [1.165, 1.54) is 26.9 Å². The molecular formula is C17H20BrNS. The Balaban J connectivity index is 1.92. The largest absolute Gasteiger partial charge is 0.313 e. The lowest BCUT2D eigenvalue weighted by Gasteiger charge is -2.08. The third-order valence-electron chi connectivity index (χ3n) is 2.99. The average molecular weight is 350 g/mol. The van der Waals surface area contributed by atoms with Crippen molar-refractivity contribution in [3.8, 4) is 0 Å². The van der Waals surface area contributed by atoms with Crippen molar-refractivity contribution >= 4 is 27.7 Å². The number of benzene rings is 2. The minimum atomic E-state index is 0.941. The first-order chi connectivity index (χ1) is 9.79. The van der Waals surface area contributed by atoms with Gasteiger partial charge in [0.2, 0.25) is 0 Å². The van der Waals surface area contributed by atoms with Crippen molar-refractivity contribution in [2.24, 2.45) is 0 Å². The van der Waals surface area contributed by atoms with Crippen LogP contribution in [-0.4, -0.2) is 6.54 Å². The van der Waals surface area contributed by atoms with E-state index in [2.05, 4.69) is 76.7 Å². The number of thioether (sulfide) groups is 1. The Kier molecular flexibility index (Phi) is 6.64. The average Bonchev–Trinajstić information content (AvgIpc) is 2.48. The quantitative estimate of drug-likeness (QED) is 0.541. The highest BCUT2D eigenvalue weighted by Crippen LogP contribution is 2.30. The number of hydrogen-bond acceptors (Lipinski definition) is 2. The Hall–Kier alpha value is -0.770. The summed E-state index contributed by atoms with van der Waals surface area (Å²) >= 11 is 5.55. The van der Waals surface area contributed by atoms with Crippen molar-refractivity contribution in [3.05, 3.63) is 64.1 Å². The smallest absolute Gasteiger partial charge is 0.0314 e. The zero-order valence-corrected chi connectivity index (χ0v) is 14.1. The molecular weight excluding hydrogens is 330 g/mol. The molecule has 0 fully saturated rings. The van der Waals surface area contributed by atoms with Crippen molar-refractivity contribution in [3.63, 3.8) is 0 Å². The number of halogens is 1. The zero-order chi connectivity index (χ0) is 14.2. The maximum Gasteiger partial charge on any atom is 0.0314 e. The molecule has 0 aliphatic carbocycles. The van der Waals surface area contributed by atoms with Crippen LogP contribution in [0.5, 0.6) is 0 Å². The van der Waals surface area contributed by atoms with Gasteiger partial charge in [0.25, 0.3) is 0 Å². The first-order valence-corrected chi connectivity index (χ1v) is 8.73. The summed E-state index contributed by atoms with van der Waals surface area (Å²) in [4.78, 5) is 1.30. The predicted molar refractivity (Wildman–Crippen MR) is 92.1 cm³/mol. The van der Waals surface area contributed by atoms with Gasteiger partial charge in [0, 0.05) is 21.7 Å². The second-order valence-corrected chi connectivity index (χ2v) is 6.59. The molecule has 3 heteroatoms. The second kappa shape index (κ2) is 8.50. The normalized spacial score (nSPS) is 10.7. The maximum absolute atomic E-state index is 3.68. The minimum absolute atomic E-state index is 0.941. The van der Waals surface area contributed by atoms with E-state index >= 15 is 0 Å². The zero-order valence-electron chi connectivity index (χ0n) is 11.7. The highest BCUT2D eigenvalue weighted by atomic mass is 79.9. The number of rotatable bonds is 7. The summed E-state index contributed by atoms with van der Waals surface area (Å²) in [6, 6.07) is 17.2. The molecule has 0 unspecified atom stereocenters. The summed E-state index contributed by atoms with van der Waals surface area (Å²) < 4.78 is 1.19. The van der Waals surface area contributed by atoms with Gasteiger partial charge in [-0.3, -0.25) is 0 Å². The molecule has 0 atom stereocenters. The van der Waals surface area contributed by atoms with Crippen LogP contribution in [0.2, 0.25) is 0 Å². The molecule has 0 radical (unpaired) electrons. The van der Waals surface area contributed by atoms with Crippen molar-refractivity contribution < 1.29 is 0 Å². The van der Waals surface area contributed by atoms with E-state index in [4.69, 9.17) is 0 Å². The van der Waals surface area contributed by atoms with Gasteiger partial charge in [0.05, 0.1) is 0 Å². The summed E-state index contributed by atoms with van der Waals surface area (Å²) in [5.41, 5.74) is 2.69. The fourth-order valence-electron chi connectivity index (χ4n) is 1.92. The molecule has 0 bridgehead atoms. The van der Waals surface area contributed by atoms with Gasteiger partial charge in [-0.2, -0.15) is 0 Å². The van der Waals surface area contributed by atoms with E-state index in [-0.39, 0.29) is 0 Å². The summed E-state index contributed by atoms with van der Waals surface area (Å²) in [6.07, 6.45) is 1.17. The lowest BCUT2D eigenvalue weighted by Crippen LogP contribution is -2.13. The fourth-order valence-corrected chi connectivity index (χ4v) is 3.56. The van der Waals surface area contributed by atoms with Crippen LogP contribution in [0.3, 0.4) is 0 Å². The molecule has 106 valence electrons. The highest BCUT2D eigenvalue weighted by Gasteiger charge is 2.03. The third kappa shape index (κ3) is 4.97. The van der Waals surface area contributed by atoms with E-state index in [9.17, 15) is 0 Å². The lowest BCUT2D eigenvalue weighted by molar-refractivity contribution is 0.675. The molecule has 1 nitrogen and oxygen atoms in total. The Morgan fingerprint density at radius 1 is 1.05 bits per heavy atom. The van der Waals surface area contributed by atoms with Crippen LogP contribution < -0.4 is 5.32 Å². The van der Waals surface area contributed by atoms with Gasteiger partial charge < -0.3 is 5.32 Å². The van der Waals surface area contributed by atoms with E-state index in [0.29, 0.717) is 0 Å². The molecule has 0 aliphatic rings. The Morgan fingerprint density at radius 2 is 1.85 bits per heavy atom. The second-order valence-electron chi connectivity index (χ2n) is 4.72. The van der Waals surface area contributed by atoms with Gasteiger partial charge in [0.15, 0.2) is 0 Å². The van der Waals surface area contributed by atoms with Gasteiger partial charge in [-0.05, 0) is 52.2 Å². The van der Waals surface area contributed by atoms with Crippen molar-refractivity contribution in [1.29, 1.82) is 0 Å². The van der Waals surface area contributed by atoms with Gasteiger partial charge in [-0.15, -0.1) is 11.8 Å². The fraction of sp³-hybridized carbons (Fsp3) is 0.294. The monoisotopic (exact) mass is 349 g/mol. The number of hydrogen-bond donors (Lipinski definition) is 1. The molecule has 2 rings (SSSR count). The Bertz CT molecular complexity index is 528. The van der Waals surface area contributed by atoms with Crippen molar-refractivity contribution in [1.82, 2.24) is 5.32 Å². The molecule has 0 heterocycles. The maximum atomic E-state index is 3.68. The summed E-state index contributed by atoms with van der Waals surface area (Å²) in [5.74, 6) is 1.01. The lowest BCUT2D eigenvalue weighted by atomic mass is 10.2. The highest BCUT2D eigenvalue weighted by molar-refractivity contribution is 9.10. The first kappa shape index (κ1) is 15.6. The van der Waals surface area contributed by atoms with E-state index < -0.39 is 0 Å².